The Hall–Kier alpha value is -3.38. The summed E-state index contributed by atoms with van der Waals surface area (Å²) in [5.41, 5.74) is 2.92. The van der Waals surface area contributed by atoms with Gasteiger partial charge >= 0.3 is 0 Å². The zero-order valence-corrected chi connectivity index (χ0v) is 18.2. The molecule has 1 aliphatic heterocycles. The minimum Gasteiger partial charge on any atom is -0.494 e. The molecule has 3 aromatic carbocycles. The fraction of sp³-hybridized carbons (Fsp3) is 0.269. The molecule has 3 aromatic rings. The number of carbonyl (C=O) groups is 1. The van der Waals surface area contributed by atoms with Crippen molar-refractivity contribution in [1.29, 1.82) is 0 Å². The first kappa shape index (κ1) is 21.8. The molecule has 0 spiro atoms. The fourth-order valence-corrected chi connectivity index (χ4v) is 3.90. The number of halogens is 1. The number of rotatable bonds is 7. The van der Waals surface area contributed by atoms with Crippen LogP contribution in [0, 0.1) is 5.82 Å². The molecule has 0 unspecified atom stereocenters. The van der Waals surface area contributed by atoms with Crippen molar-refractivity contribution in [1.82, 2.24) is 9.80 Å². The molecule has 0 saturated carbocycles. The Kier molecular flexibility index (Phi) is 7.02. The minimum atomic E-state index is -0.355. The first-order valence-electron chi connectivity index (χ1n) is 10.7. The van der Waals surface area contributed by atoms with Crippen LogP contribution in [0.3, 0.4) is 0 Å². The van der Waals surface area contributed by atoms with E-state index < -0.39 is 0 Å². The number of nitrogens with zero attached hydrogens (tertiary/aromatic N) is 2. The van der Waals surface area contributed by atoms with E-state index in [1.807, 2.05) is 65.6 Å². The normalized spacial score (nSPS) is 14.2. The van der Waals surface area contributed by atoms with Crippen LogP contribution >= 0.6 is 0 Å². The number of benzene rings is 3. The van der Waals surface area contributed by atoms with Gasteiger partial charge in [-0.15, -0.1) is 0 Å². The molecule has 0 radical (unpaired) electrons. The van der Waals surface area contributed by atoms with E-state index in [0.717, 1.165) is 29.8 Å². The summed E-state index contributed by atoms with van der Waals surface area (Å²) in [6.07, 6.45) is 0. The highest BCUT2D eigenvalue weighted by molar-refractivity contribution is 5.78. The van der Waals surface area contributed by atoms with Crippen molar-refractivity contribution >= 4 is 5.91 Å². The van der Waals surface area contributed by atoms with Crippen LogP contribution in [0.1, 0.15) is 5.56 Å². The first-order chi connectivity index (χ1) is 15.6. The number of para-hydroxylation sites is 1. The van der Waals surface area contributed by atoms with Gasteiger partial charge < -0.3 is 14.4 Å². The molecule has 0 N–H and O–H groups in total. The molecular weight excluding hydrogens is 407 g/mol. The van der Waals surface area contributed by atoms with Crippen molar-refractivity contribution in [2.24, 2.45) is 0 Å². The van der Waals surface area contributed by atoms with Gasteiger partial charge in [0, 0.05) is 38.3 Å². The van der Waals surface area contributed by atoms with Crippen molar-refractivity contribution in [3.8, 4) is 22.6 Å². The summed E-state index contributed by atoms with van der Waals surface area (Å²) in [7, 11) is 1.46. The Morgan fingerprint density at radius 2 is 1.62 bits per heavy atom. The molecule has 1 saturated heterocycles. The number of hydrogen-bond acceptors (Lipinski definition) is 4. The van der Waals surface area contributed by atoms with Crippen LogP contribution < -0.4 is 9.47 Å². The van der Waals surface area contributed by atoms with Crippen LogP contribution in [0.2, 0.25) is 0 Å². The summed E-state index contributed by atoms with van der Waals surface area (Å²) in [6.45, 7) is 3.37. The Bertz CT molecular complexity index is 1050. The van der Waals surface area contributed by atoms with Crippen molar-refractivity contribution in [2.45, 2.75) is 6.54 Å². The molecule has 166 valence electrons. The van der Waals surface area contributed by atoms with E-state index in [2.05, 4.69) is 4.90 Å². The molecule has 0 atom stereocenters. The molecule has 0 bridgehead atoms. The van der Waals surface area contributed by atoms with Crippen LogP contribution in [0.15, 0.2) is 72.8 Å². The number of methoxy groups -OCH3 is 1. The van der Waals surface area contributed by atoms with Gasteiger partial charge in [0.15, 0.2) is 18.2 Å². The molecule has 32 heavy (non-hydrogen) atoms. The second-order valence-corrected chi connectivity index (χ2v) is 7.78. The smallest absolute Gasteiger partial charge is 0.260 e. The molecule has 1 heterocycles. The lowest BCUT2D eigenvalue weighted by Gasteiger charge is -2.34. The van der Waals surface area contributed by atoms with E-state index >= 15 is 0 Å². The minimum absolute atomic E-state index is 0.00748. The molecule has 4 rings (SSSR count). The fourth-order valence-electron chi connectivity index (χ4n) is 3.90. The van der Waals surface area contributed by atoms with Gasteiger partial charge in [0.1, 0.15) is 5.75 Å². The topological polar surface area (TPSA) is 42.0 Å². The summed E-state index contributed by atoms with van der Waals surface area (Å²) in [5.74, 6) is 0.569. The standard InChI is InChI=1S/C26H27FN2O3/c1-31-25-12-11-20(17-23(25)27)18-28-13-15-29(16-14-28)26(30)19-32-24-10-6-5-9-22(24)21-7-3-2-4-8-21/h2-12,17H,13-16,18-19H2,1H3. The lowest BCUT2D eigenvalue weighted by atomic mass is 10.1. The van der Waals surface area contributed by atoms with Gasteiger partial charge in [-0.25, -0.2) is 4.39 Å². The highest BCUT2D eigenvalue weighted by atomic mass is 19.1. The third kappa shape index (κ3) is 5.26. The SMILES string of the molecule is COc1ccc(CN2CCN(C(=O)COc3ccccc3-c3ccccc3)CC2)cc1F. The summed E-state index contributed by atoms with van der Waals surface area (Å²) < 4.78 is 24.8. The second kappa shape index (κ2) is 10.3. The molecular formula is C26H27FN2O3. The zero-order chi connectivity index (χ0) is 22.3. The van der Waals surface area contributed by atoms with E-state index in [-0.39, 0.29) is 24.1 Å². The van der Waals surface area contributed by atoms with Crippen LogP contribution in [0.5, 0.6) is 11.5 Å². The van der Waals surface area contributed by atoms with Gasteiger partial charge in [0.25, 0.3) is 5.91 Å². The van der Waals surface area contributed by atoms with Crippen LogP contribution in [0.25, 0.3) is 11.1 Å². The summed E-state index contributed by atoms with van der Waals surface area (Å²) >= 11 is 0. The van der Waals surface area contributed by atoms with Gasteiger partial charge in [-0.1, -0.05) is 54.6 Å². The maximum absolute atomic E-state index is 13.9. The number of carbonyl (C=O) groups excluding carboxylic acids is 1. The first-order valence-corrected chi connectivity index (χ1v) is 10.7. The zero-order valence-electron chi connectivity index (χ0n) is 18.2. The van der Waals surface area contributed by atoms with Crippen molar-refractivity contribution in [3.63, 3.8) is 0 Å². The van der Waals surface area contributed by atoms with Gasteiger partial charge in [-0.05, 0) is 29.3 Å². The largest absolute Gasteiger partial charge is 0.494 e. The molecule has 1 aliphatic rings. The Morgan fingerprint density at radius 3 is 2.34 bits per heavy atom. The van der Waals surface area contributed by atoms with Crippen LogP contribution in [-0.2, 0) is 11.3 Å². The highest BCUT2D eigenvalue weighted by Gasteiger charge is 2.22. The van der Waals surface area contributed by atoms with Crippen molar-refractivity contribution in [3.05, 3.63) is 84.2 Å². The molecule has 0 aliphatic carbocycles. The molecule has 0 aromatic heterocycles. The van der Waals surface area contributed by atoms with Gasteiger partial charge in [0.05, 0.1) is 7.11 Å². The van der Waals surface area contributed by atoms with E-state index in [4.69, 9.17) is 9.47 Å². The number of amides is 1. The Morgan fingerprint density at radius 1 is 0.906 bits per heavy atom. The third-order valence-electron chi connectivity index (χ3n) is 5.67. The van der Waals surface area contributed by atoms with E-state index in [9.17, 15) is 9.18 Å². The van der Waals surface area contributed by atoms with Crippen molar-refractivity contribution in [2.75, 3.05) is 39.9 Å². The van der Waals surface area contributed by atoms with E-state index in [1.54, 1.807) is 6.07 Å². The summed E-state index contributed by atoms with van der Waals surface area (Å²) in [6, 6.07) is 22.8. The Labute approximate surface area is 188 Å². The highest BCUT2D eigenvalue weighted by Crippen LogP contribution is 2.29. The van der Waals surface area contributed by atoms with Crippen LogP contribution in [0.4, 0.5) is 4.39 Å². The molecule has 5 nitrogen and oxygen atoms in total. The number of hydrogen-bond donors (Lipinski definition) is 0. The monoisotopic (exact) mass is 434 g/mol. The predicted octanol–water partition coefficient (Wildman–Crippen LogP) is 4.22. The lowest BCUT2D eigenvalue weighted by molar-refractivity contribution is -0.135. The van der Waals surface area contributed by atoms with Gasteiger partial charge in [-0.2, -0.15) is 0 Å². The number of piperazine rings is 1. The molecule has 1 fully saturated rings. The summed E-state index contributed by atoms with van der Waals surface area (Å²) in [4.78, 5) is 16.8. The molecule has 1 amide bonds. The quantitative estimate of drug-likeness (QED) is 0.558. The number of ether oxygens (including phenoxy) is 2. The third-order valence-corrected chi connectivity index (χ3v) is 5.67. The van der Waals surface area contributed by atoms with Gasteiger partial charge in [-0.3, -0.25) is 9.69 Å². The van der Waals surface area contributed by atoms with E-state index in [1.165, 1.54) is 13.2 Å². The van der Waals surface area contributed by atoms with Gasteiger partial charge in [0.2, 0.25) is 0 Å². The van der Waals surface area contributed by atoms with E-state index in [0.29, 0.717) is 25.4 Å². The van der Waals surface area contributed by atoms with Crippen molar-refractivity contribution < 1.29 is 18.7 Å². The second-order valence-electron chi connectivity index (χ2n) is 7.78. The van der Waals surface area contributed by atoms with Crippen LogP contribution in [-0.4, -0.2) is 55.6 Å². The average molecular weight is 435 g/mol. The average Bonchev–Trinajstić information content (AvgIpc) is 2.84. The Balaban J connectivity index is 1.29. The maximum Gasteiger partial charge on any atom is 0.260 e. The molecule has 6 heteroatoms. The lowest BCUT2D eigenvalue weighted by Crippen LogP contribution is -2.49. The summed E-state index contributed by atoms with van der Waals surface area (Å²) in [5, 5.41) is 0. The maximum atomic E-state index is 13.9. The predicted molar refractivity (Wildman–Crippen MR) is 122 cm³/mol.